The van der Waals surface area contributed by atoms with Crippen LogP contribution in [0.5, 0.6) is 0 Å². The molecule has 0 saturated carbocycles. The van der Waals surface area contributed by atoms with E-state index in [0.29, 0.717) is 18.4 Å². The average Bonchev–Trinajstić information content (AvgIpc) is 2.99. The van der Waals surface area contributed by atoms with Crippen molar-refractivity contribution in [1.82, 2.24) is 15.8 Å². The first-order chi connectivity index (χ1) is 14.0. The van der Waals surface area contributed by atoms with Gasteiger partial charge in [-0.1, -0.05) is 30.4 Å². The molecule has 2 aliphatic rings. The molecule has 1 heterocycles. The Labute approximate surface area is 167 Å². The summed E-state index contributed by atoms with van der Waals surface area (Å²) in [6.07, 6.45) is 4.64. The van der Waals surface area contributed by atoms with Crippen molar-refractivity contribution in [2.45, 2.75) is 19.3 Å². The maximum Gasteiger partial charge on any atom is 0.308 e. The Kier molecular flexibility index (Phi) is 6.38. The number of nitrogens with one attached hydrogen (secondary N) is 2. The molecule has 1 aromatic rings. The lowest BCUT2D eigenvalue weighted by Gasteiger charge is -2.14. The number of hydrazine groups is 1. The average molecular weight is 399 g/mol. The number of allylic oxidation sites excluding steroid dienone is 2. The number of amides is 4. The Hall–Kier alpha value is -3.49. The maximum atomic E-state index is 12.3. The SMILES string of the molecule is O=C(COC(=O)CCN1C(=O)[C@H]2CC=CC[C@H]2C1=O)NNC(=O)c1ccccc1. The Balaban J connectivity index is 1.37. The molecule has 9 nitrogen and oxygen atoms in total. The second kappa shape index (κ2) is 9.13. The molecule has 0 bridgehead atoms. The Bertz CT molecular complexity index is 825. The normalized spacial score (nSPS) is 20.2. The highest BCUT2D eigenvalue weighted by Gasteiger charge is 2.46. The fraction of sp³-hybridized carbons (Fsp3) is 0.350. The van der Waals surface area contributed by atoms with Crippen LogP contribution in [0.4, 0.5) is 0 Å². The number of carbonyl (C=O) groups excluding carboxylic acids is 5. The molecular weight excluding hydrogens is 378 g/mol. The Morgan fingerprint density at radius 3 is 2.21 bits per heavy atom. The second-order valence-corrected chi connectivity index (χ2v) is 6.76. The number of benzene rings is 1. The van der Waals surface area contributed by atoms with Gasteiger partial charge in [-0.05, 0) is 25.0 Å². The van der Waals surface area contributed by atoms with E-state index in [1.807, 2.05) is 12.2 Å². The van der Waals surface area contributed by atoms with E-state index in [4.69, 9.17) is 4.74 Å². The molecule has 2 atom stereocenters. The third-order valence-corrected chi connectivity index (χ3v) is 4.85. The van der Waals surface area contributed by atoms with Crippen molar-refractivity contribution >= 4 is 29.6 Å². The van der Waals surface area contributed by atoms with Crippen molar-refractivity contribution in [3.63, 3.8) is 0 Å². The van der Waals surface area contributed by atoms with Crippen LogP contribution >= 0.6 is 0 Å². The van der Waals surface area contributed by atoms with Gasteiger partial charge in [-0.25, -0.2) is 0 Å². The van der Waals surface area contributed by atoms with E-state index < -0.39 is 24.4 Å². The van der Waals surface area contributed by atoms with E-state index in [0.717, 1.165) is 4.90 Å². The molecule has 3 rings (SSSR count). The van der Waals surface area contributed by atoms with Gasteiger partial charge in [0.2, 0.25) is 11.8 Å². The van der Waals surface area contributed by atoms with Crippen LogP contribution in [0, 0.1) is 11.8 Å². The number of carbonyl (C=O) groups is 5. The van der Waals surface area contributed by atoms with Crippen LogP contribution in [0.25, 0.3) is 0 Å². The van der Waals surface area contributed by atoms with Crippen molar-refractivity contribution in [2.75, 3.05) is 13.2 Å². The smallest absolute Gasteiger partial charge is 0.308 e. The van der Waals surface area contributed by atoms with Gasteiger partial charge < -0.3 is 4.74 Å². The number of rotatable bonds is 6. The molecule has 0 radical (unpaired) electrons. The van der Waals surface area contributed by atoms with Crippen LogP contribution < -0.4 is 10.9 Å². The monoisotopic (exact) mass is 399 g/mol. The Morgan fingerprint density at radius 1 is 0.966 bits per heavy atom. The van der Waals surface area contributed by atoms with Gasteiger partial charge >= 0.3 is 5.97 Å². The molecule has 0 aromatic heterocycles. The van der Waals surface area contributed by atoms with Gasteiger partial charge in [-0.15, -0.1) is 0 Å². The van der Waals surface area contributed by atoms with Gasteiger partial charge in [0.1, 0.15) is 0 Å². The van der Waals surface area contributed by atoms with E-state index in [9.17, 15) is 24.0 Å². The number of imide groups is 1. The maximum absolute atomic E-state index is 12.3. The summed E-state index contributed by atoms with van der Waals surface area (Å²) in [6.45, 7) is -0.666. The highest BCUT2D eigenvalue weighted by Crippen LogP contribution is 2.34. The third kappa shape index (κ3) is 4.87. The molecule has 29 heavy (non-hydrogen) atoms. The van der Waals surface area contributed by atoms with Crippen LogP contribution in [-0.4, -0.2) is 47.6 Å². The zero-order valence-corrected chi connectivity index (χ0v) is 15.6. The lowest BCUT2D eigenvalue weighted by atomic mass is 9.85. The number of esters is 1. The molecule has 1 saturated heterocycles. The molecule has 1 aliphatic heterocycles. The standard InChI is InChI=1S/C20H21N3O6/c24-16(21-22-18(26)13-6-2-1-3-7-13)12-29-17(25)10-11-23-19(27)14-8-4-5-9-15(14)20(23)28/h1-7,14-15H,8-12H2,(H,21,24)(H,22,26)/t14-,15+. The van der Waals surface area contributed by atoms with Crippen molar-refractivity contribution in [2.24, 2.45) is 11.8 Å². The van der Waals surface area contributed by atoms with Crippen LogP contribution in [0.3, 0.4) is 0 Å². The van der Waals surface area contributed by atoms with Gasteiger partial charge in [-0.2, -0.15) is 0 Å². The van der Waals surface area contributed by atoms with Gasteiger partial charge in [0.15, 0.2) is 6.61 Å². The highest BCUT2D eigenvalue weighted by molar-refractivity contribution is 6.05. The summed E-state index contributed by atoms with van der Waals surface area (Å²) in [4.78, 5) is 61.0. The molecular formula is C20H21N3O6. The zero-order chi connectivity index (χ0) is 20.8. The molecule has 0 spiro atoms. The third-order valence-electron chi connectivity index (χ3n) is 4.85. The highest BCUT2D eigenvalue weighted by atomic mass is 16.5. The number of hydrogen-bond acceptors (Lipinski definition) is 6. The van der Waals surface area contributed by atoms with E-state index in [2.05, 4.69) is 10.9 Å². The molecule has 0 unspecified atom stereocenters. The number of nitrogens with zero attached hydrogens (tertiary/aromatic N) is 1. The summed E-state index contributed by atoms with van der Waals surface area (Å²) in [7, 11) is 0. The van der Waals surface area contributed by atoms with Crippen LogP contribution in [0.2, 0.25) is 0 Å². The molecule has 9 heteroatoms. The molecule has 1 aromatic carbocycles. The number of ether oxygens (including phenoxy) is 1. The van der Waals surface area contributed by atoms with Crippen molar-refractivity contribution in [3.05, 3.63) is 48.0 Å². The fourth-order valence-electron chi connectivity index (χ4n) is 3.33. The minimum Gasteiger partial charge on any atom is -0.455 e. The minimum atomic E-state index is -0.719. The van der Waals surface area contributed by atoms with Crippen molar-refractivity contribution < 1.29 is 28.7 Å². The number of fused-ring (bicyclic) bond motifs is 1. The molecule has 152 valence electrons. The predicted octanol–water partition coefficient (Wildman–Crippen LogP) is 0.332. The minimum absolute atomic E-state index is 0.0735. The number of likely N-dealkylation sites (tertiary alicyclic amines) is 1. The Morgan fingerprint density at radius 2 is 1.59 bits per heavy atom. The summed E-state index contributed by atoms with van der Waals surface area (Å²) in [5.74, 6) is -3.16. The fourth-order valence-corrected chi connectivity index (χ4v) is 3.33. The molecule has 4 amide bonds. The first-order valence-electron chi connectivity index (χ1n) is 9.27. The topological polar surface area (TPSA) is 122 Å². The van der Waals surface area contributed by atoms with Crippen molar-refractivity contribution in [1.29, 1.82) is 0 Å². The van der Waals surface area contributed by atoms with Gasteiger partial charge in [0.25, 0.3) is 11.8 Å². The summed E-state index contributed by atoms with van der Waals surface area (Å²) >= 11 is 0. The second-order valence-electron chi connectivity index (χ2n) is 6.76. The number of hydrogen-bond donors (Lipinski definition) is 2. The van der Waals surface area contributed by atoms with E-state index in [1.165, 1.54) is 0 Å². The largest absolute Gasteiger partial charge is 0.455 e. The zero-order valence-electron chi connectivity index (χ0n) is 15.6. The van der Waals surface area contributed by atoms with Gasteiger partial charge in [-0.3, -0.25) is 39.7 Å². The first kappa shape index (κ1) is 20.2. The summed E-state index contributed by atoms with van der Waals surface area (Å²) in [5.41, 5.74) is 4.71. The lowest BCUT2D eigenvalue weighted by Crippen LogP contribution is -2.43. The lowest BCUT2D eigenvalue weighted by molar-refractivity contribution is -0.150. The van der Waals surface area contributed by atoms with E-state index in [-0.39, 0.29) is 36.6 Å². The quantitative estimate of drug-likeness (QED) is 0.308. The van der Waals surface area contributed by atoms with E-state index >= 15 is 0 Å². The van der Waals surface area contributed by atoms with Crippen LogP contribution in [0.1, 0.15) is 29.6 Å². The molecule has 1 aliphatic carbocycles. The van der Waals surface area contributed by atoms with E-state index in [1.54, 1.807) is 30.3 Å². The molecule has 1 fully saturated rings. The van der Waals surface area contributed by atoms with Crippen LogP contribution in [-0.2, 0) is 23.9 Å². The summed E-state index contributed by atoms with van der Waals surface area (Å²) in [5, 5.41) is 0. The summed E-state index contributed by atoms with van der Waals surface area (Å²) in [6, 6.07) is 8.27. The van der Waals surface area contributed by atoms with Gasteiger partial charge in [0, 0.05) is 12.1 Å². The first-order valence-corrected chi connectivity index (χ1v) is 9.27. The van der Waals surface area contributed by atoms with Crippen molar-refractivity contribution in [3.8, 4) is 0 Å². The van der Waals surface area contributed by atoms with Gasteiger partial charge in [0.05, 0.1) is 18.3 Å². The molecule has 2 N–H and O–H groups in total. The summed E-state index contributed by atoms with van der Waals surface area (Å²) < 4.78 is 4.83. The van der Waals surface area contributed by atoms with Crippen LogP contribution in [0.15, 0.2) is 42.5 Å². The predicted molar refractivity (Wildman–Crippen MR) is 99.7 cm³/mol.